The summed E-state index contributed by atoms with van der Waals surface area (Å²) < 4.78 is 27.6. The van der Waals surface area contributed by atoms with Crippen LogP contribution in [-0.4, -0.2) is 8.42 Å². The van der Waals surface area contributed by atoms with E-state index in [2.05, 4.69) is 4.72 Å². The number of nitrogen functional groups attached to an aromatic ring is 1. The highest BCUT2D eigenvalue weighted by molar-refractivity contribution is 7.94. The number of hydrogen-bond acceptors (Lipinski definition) is 3. The molecular formula is C12H10ClN2O2S-. The van der Waals surface area contributed by atoms with E-state index in [4.69, 9.17) is 17.3 Å². The number of halogens is 1. The van der Waals surface area contributed by atoms with E-state index in [1.54, 1.807) is 12.1 Å². The van der Waals surface area contributed by atoms with Gasteiger partial charge in [-0.1, -0.05) is 23.7 Å². The second kappa shape index (κ2) is 4.88. The maximum Gasteiger partial charge on any atom is 0.123 e. The van der Waals surface area contributed by atoms with Crippen LogP contribution in [0, 0.1) is 0 Å². The van der Waals surface area contributed by atoms with Crippen LogP contribution in [0.15, 0.2) is 53.4 Å². The van der Waals surface area contributed by atoms with E-state index in [0.717, 1.165) is 0 Å². The van der Waals surface area contributed by atoms with Gasteiger partial charge in [-0.25, -0.2) is 8.42 Å². The molecule has 0 saturated heterocycles. The summed E-state index contributed by atoms with van der Waals surface area (Å²) in [6, 6.07) is 12.1. The highest BCUT2D eigenvalue weighted by Gasteiger charge is 2.03. The van der Waals surface area contributed by atoms with Crippen LogP contribution in [0.1, 0.15) is 0 Å². The quantitative estimate of drug-likeness (QED) is 0.877. The molecular weight excluding hydrogens is 272 g/mol. The fraction of sp³-hybridized carbons (Fsp3) is 0. The summed E-state index contributed by atoms with van der Waals surface area (Å²) in [5.41, 5.74) is 6.33. The van der Waals surface area contributed by atoms with Gasteiger partial charge < -0.3 is 10.5 Å². The number of hydrogen-bond donors (Lipinski definition) is 1. The van der Waals surface area contributed by atoms with Gasteiger partial charge in [0.05, 0.1) is 4.90 Å². The van der Waals surface area contributed by atoms with Gasteiger partial charge in [-0.3, -0.25) is 0 Å². The van der Waals surface area contributed by atoms with Crippen molar-refractivity contribution in [1.82, 2.24) is 0 Å². The second-order valence-electron chi connectivity index (χ2n) is 3.61. The first-order valence-corrected chi connectivity index (χ1v) is 6.88. The van der Waals surface area contributed by atoms with Gasteiger partial charge in [-0.2, -0.15) is 0 Å². The molecule has 6 heteroatoms. The third kappa shape index (κ3) is 2.94. The fourth-order valence-electron chi connectivity index (χ4n) is 1.33. The maximum atomic E-state index is 12.0. The minimum atomic E-state index is -3.72. The molecule has 0 aromatic heterocycles. The highest BCUT2D eigenvalue weighted by Crippen LogP contribution is 2.28. The average molecular weight is 282 g/mol. The minimum absolute atomic E-state index is 0.103. The number of nitrogens with two attached hydrogens (primary N) is 1. The lowest BCUT2D eigenvalue weighted by Crippen LogP contribution is -1.97. The van der Waals surface area contributed by atoms with Gasteiger partial charge in [0, 0.05) is 10.7 Å². The standard InChI is InChI=1S/C12H10ClN2O2S/c13-9-1-5-11(6-2-9)15-18(16,17)12-7-3-10(14)4-8-12/h1-8H,14H2/q-1. The van der Waals surface area contributed by atoms with Gasteiger partial charge in [0.15, 0.2) is 0 Å². The molecule has 0 heterocycles. The molecule has 18 heavy (non-hydrogen) atoms. The van der Waals surface area contributed by atoms with Crippen molar-refractivity contribution in [3.8, 4) is 0 Å². The lowest BCUT2D eigenvalue weighted by molar-refractivity contribution is 0.603. The van der Waals surface area contributed by atoms with E-state index >= 15 is 0 Å². The number of anilines is 1. The number of nitrogens with zero attached hydrogens (tertiary/aromatic N) is 1. The zero-order valence-electron chi connectivity index (χ0n) is 9.25. The number of sulfonamides is 1. The van der Waals surface area contributed by atoms with E-state index in [-0.39, 0.29) is 4.90 Å². The SMILES string of the molecule is Nc1ccc(S(=O)(=O)[N-]c2ccc(Cl)cc2)cc1. The van der Waals surface area contributed by atoms with Crippen LogP contribution in [0.5, 0.6) is 0 Å². The Morgan fingerprint density at radius 3 is 2.06 bits per heavy atom. The number of benzene rings is 2. The van der Waals surface area contributed by atoms with Gasteiger partial charge in [0.2, 0.25) is 0 Å². The van der Waals surface area contributed by atoms with Gasteiger partial charge in [-0.05, 0) is 36.4 Å². The van der Waals surface area contributed by atoms with Crippen molar-refractivity contribution in [1.29, 1.82) is 0 Å². The van der Waals surface area contributed by atoms with Crippen LogP contribution in [0.4, 0.5) is 11.4 Å². The van der Waals surface area contributed by atoms with Crippen LogP contribution in [-0.2, 0) is 10.0 Å². The van der Waals surface area contributed by atoms with E-state index in [1.807, 2.05) is 0 Å². The molecule has 0 radical (unpaired) electrons. The van der Waals surface area contributed by atoms with Crippen LogP contribution in [0.25, 0.3) is 4.72 Å². The molecule has 94 valence electrons. The topological polar surface area (TPSA) is 74.3 Å². The molecule has 0 amide bonds. The summed E-state index contributed by atoms with van der Waals surface area (Å²) in [6.45, 7) is 0. The zero-order valence-corrected chi connectivity index (χ0v) is 10.8. The lowest BCUT2D eigenvalue weighted by Gasteiger charge is -2.21. The molecule has 0 aliphatic heterocycles. The maximum absolute atomic E-state index is 12.0. The van der Waals surface area contributed by atoms with E-state index in [1.165, 1.54) is 36.4 Å². The van der Waals surface area contributed by atoms with Crippen molar-refractivity contribution in [3.63, 3.8) is 0 Å². The Morgan fingerprint density at radius 1 is 0.944 bits per heavy atom. The predicted octanol–water partition coefficient (Wildman–Crippen LogP) is 3.32. The Bertz CT molecular complexity index is 637. The molecule has 0 aliphatic carbocycles. The average Bonchev–Trinajstić information content (AvgIpc) is 2.32. The Morgan fingerprint density at radius 2 is 1.50 bits per heavy atom. The van der Waals surface area contributed by atoms with Crippen LogP contribution in [0.3, 0.4) is 0 Å². The molecule has 2 N–H and O–H groups in total. The zero-order chi connectivity index (χ0) is 13.2. The highest BCUT2D eigenvalue weighted by atomic mass is 35.5. The Kier molecular flexibility index (Phi) is 3.45. The Labute approximate surface area is 110 Å². The molecule has 0 aliphatic rings. The summed E-state index contributed by atoms with van der Waals surface area (Å²) in [6.07, 6.45) is 0. The van der Waals surface area contributed by atoms with Crippen molar-refractivity contribution in [2.45, 2.75) is 4.90 Å². The Hall–Kier alpha value is -1.72. The van der Waals surface area contributed by atoms with Crippen LogP contribution < -0.4 is 5.73 Å². The molecule has 0 fully saturated rings. The van der Waals surface area contributed by atoms with E-state index in [0.29, 0.717) is 16.4 Å². The molecule has 0 saturated carbocycles. The smallest absolute Gasteiger partial charge is 0.123 e. The molecule has 0 unspecified atom stereocenters. The van der Waals surface area contributed by atoms with Gasteiger partial charge in [-0.15, -0.1) is 5.69 Å². The van der Waals surface area contributed by atoms with Crippen molar-refractivity contribution < 1.29 is 8.42 Å². The molecule has 0 atom stereocenters. The first kappa shape index (κ1) is 12.7. The normalized spacial score (nSPS) is 11.2. The van der Waals surface area contributed by atoms with Crippen molar-refractivity contribution in [2.24, 2.45) is 0 Å². The second-order valence-corrected chi connectivity index (χ2v) is 5.65. The lowest BCUT2D eigenvalue weighted by atomic mass is 10.3. The van der Waals surface area contributed by atoms with E-state index < -0.39 is 10.0 Å². The molecule has 0 bridgehead atoms. The van der Waals surface area contributed by atoms with Crippen molar-refractivity contribution >= 4 is 33.0 Å². The molecule has 2 aromatic carbocycles. The molecule has 2 aromatic rings. The van der Waals surface area contributed by atoms with Gasteiger partial charge in [0.1, 0.15) is 10.0 Å². The fourth-order valence-corrected chi connectivity index (χ4v) is 2.44. The van der Waals surface area contributed by atoms with Crippen molar-refractivity contribution in [2.75, 3.05) is 5.73 Å². The monoisotopic (exact) mass is 281 g/mol. The largest absolute Gasteiger partial charge is 0.573 e. The molecule has 2 rings (SSSR count). The van der Waals surface area contributed by atoms with E-state index in [9.17, 15) is 8.42 Å². The van der Waals surface area contributed by atoms with Gasteiger partial charge >= 0.3 is 0 Å². The predicted molar refractivity (Wildman–Crippen MR) is 72.5 cm³/mol. The first-order valence-electron chi connectivity index (χ1n) is 5.06. The molecule has 0 spiro atoms. The van der Waals surface area contributed by atoms with Crippen LogP contribution in [0.2, 0.25) is 5.02 Å². The first-order chi connectivity index (χ1) is 8.47. The minimum Gasteiger partial charge on any atom is -0.573 e. The summed E-state index contributed by atoms with van der Waals surface area (Å²) in [5.74, 6) is 0. The van der Waals surface area contributed by atoms with Crippen LogP contribution >= 0.6 is 11.6 Å². The Balaban J connectivity index is 2.27. The summed E-state index contributed by atoms with van der Waals surface area (Å²) in [7, 11) is -3.72. The summed E-state index contributed by atoms with van der Waals surface area (Å²) in [5, 5.41) is 0.527. The summed E-state index contributed by atoms with van der Waals surface area (Å²) >= 11 is 5.71. The third-order valence-corrected chi connectivity index (χ3v) is 3.80. The molecule has 4 nitrogen and oxygen atoms in total. The third-order valence-electron chi connectivity index (χ3n) is 2.23. The number of rotatable bonds is 3. The summed E-state index contributed by atoms with van der Waals surface area (Å²) in [4.78, 5) is 0.103. The van der Waals surface area contributed by atoms with Gasteiger partial charge in [0.25, 0.3) is 0 Å². The van der Waals surface area contributed by atoms with Crippen molar-refractivity contribution in [3.05, 3.63) is 58.3 Å².